The lowest BCUT2D eigenvalue weighted by atomic mass is 9.99. The molecule has 0 radical (unpaired) electrons. The largest absolute Gasteiger partial charge is 0.336 e. The minimum Gasteiger partial charge on any atom is -0.336 e. The maximum Gasteiger partial charge on any atom is 0.227 e. The first-order valence-electron chi connectivity index (χ1n) is 8.79. The molecule has 1 atom stereocenters. The molecule has 2 aliphatic heterocycles. The Morgan fingerprint density at radius 1 is 1.29 bits per heavy atom. The molecule has 2 aliphatic rings. The van der Waals surface area contributed by atoms with Crippen molar-refractivity contribution in [1.29, 1.82) is 0 Å². The summed E-state index contributed by atoms with van der Waals surface area (Å²) in [5.41, 5.74) is 3.74. The summed E-state index contributed by atoms with van der Waals surface area (Å²) in [6.45, 7) is 3.17. The Morgan fingerprint density at radius 3 is 3.04 bits per heavy atom. The van der Waals surface area contributed by atoms with Gasteiger partial charge in [-0.1, -0.05) is 12.1 Å². The highest BCUT2D eigenvalue weighted by atomic mass is 16.2. The number of anilines is 1. The van der Waals surface area contributed by atoms with Crippen LogP contribution >= 0.6 is 0 Å². The first-order valence-corrected chi connectivity index (χ1v) is 8.79. The van der Waals surface area contributed by atoms with Crippen molar-refractivity contribution in [1.82, 2.24) is 14.5 Å². The van der Waals surface area contributed by atoms with Crippen molar-refractivity contribution in [3.8, 4) is 0 Å². The molecule has 0 N–H and O–H groups in total. The van der Waals surface area contributed by atoms with Gasteiger partial charge in [0.25, 0.3) is 0 Å². The van der Waals surface area contributed by atoms with Crippen molar-refractivity contribution >= 4 is 11.6 Å². The lowest BCUT2D eigenvalue weighted by molar-refractivity contribution is -0.118. The molecule has 3 heterocycles. The molecule has 0 unspecified atom stereocenters. The number of carbonyl (C=O) groups excluding carboxylic acids is 1. The molecule has 5 heteroatoms. The standard InChI is InChI=1S/C19H24N4O/c1-21-18-6-4-15(11-16(18)5-7-19(21)24)12-23-9-2-3-17(23)13-22-10-8-20-14-22/h4,6,8,10-11,14,17H,2-3,5,7,9,12-13H2,1H3/t17-/m0/s1. The van der Waals surface area contributed by atoms with E-state index in [9.17, 15) is 4.79 Å². The molecule has 1 amide bonds. The van der Waals surface area contributed by atoms with Crippen molar-refractivity contribution in [3.05, 3.63) is 48.0 Å². The van der Waals surface area contributed by atoms with E-state index in [0.29, 0.717) is 12.5 Å². The van der Waals surface area contributed by atoms with Crippen LogP contribution in [0.1, 0.15) is 30.4 Å². The van der Waals surface area contributed by atoms with Crippen molar-refractivity contribution < 1.29 is 4.79 Å². The topological polar surface area (TPSA) is 41.4 Å². The van der Waals surface area contributed by atoms with Gasteiger partial charge in [-0.15, -0.1) is 0 Å². The number of nitrogens with zero attached hydrogens (tertiary/aromatic N) is 4. The van der Waals surface area contributed by atoms with E-state index in [-0.39, 0.29) is 5.91 Å². The monoisotopic (exact) mass is 324 g/mol. The highest BCUT2D eigenvalue weighted by molar-refractivity contribution is 5.95. The van der Waals surface area contributed by atoms with Gasteiger partial charge in [-0.2, -0.15) is 0 Å². The Bertz CT molecular complexity index is 725. The van der Waals surface area contributed by atoms with Crippen molar-refractivity contribution in [3.63, 3.8) is 0 Å². The smallest absolute Gasteiger partial charge is 0.227 e. The molecule has 1 aromatic heterocycles. The molecule has 5 nitrogen and oxygen atoms in total. The Kier molecular flexibility index (Phi) is 4.10. The number of amides is 1. The predicted octanol–water partition coefficient (Wildman–Crippen LogP) is 2.46. The summed E-state index contributed by atoms with van der Waals surface area (Å²) in [4.78, 5) is 20.3. The van der Waals surface area contributed by atoms with E-state index < -0.39 is 0 Å². The first-order chi connectivity index (χ1) is 11.7. The molecule has 126 valence electrons. The Hall–Kier alpha value is -2.14. The molecule has 0 saturated carbocycles. The van der Waals surface area contributed by atoms with Crippen LogP contribution in [0.25, 0.3) is 0 Å². The zero-order valence-electron chi connectivity index (χ0n) is 14.2. The number of imidazole rings is 1. The molecule has 4 rings (SSSR count). The average Bonchev–Trinajstić information content (AvgIpc) is 3.24. The van der Waals surface area contributed by atoms with E-state index in [4.69, 9.17) is 0 Å². The van der Waals surface area contributed by atoms with Crippen LogP contribution in [0.15, 0.2) is 36.9 Å². The fourth-order valence-corrected chi connectivity index (χ4v) is 3.99. The van der Waals surface area contributed by atoms with Gasteiger partial charge in [-0.05, 0) is 43.0 Å². The molecular weight excluding hydrogens is 300 g/mol. The normalized spacial score (nSPS) is 21.3. The number of likely N-dealkylation sites (tertiary alicyclic amines) is 1. The number of fused-ring (bicyclic) bond motifs is 1. The molecule has 0 bridgehead atoms. The lowest BCUT2D eigenvalue weighted by Crippen LogP contribution is -2.33. The van der Waals surface area contributed by atoms with E-state index in [1.807, 2.05) is 25.8 Å². The third-order valence-corrected chi connectivity index (χ3v) is 5.35. The number of hydrogen-bond acceptors (Lipinski definition) is 3. The molecule has 0 aliphatic carbocycles. The minimum absolute atomic E-state index is 0.218. The van der Waals surface area contributed by atoms with Gasteiger partial charge in [0.15, 0.2) is 0 Å². The SMILES string of the molecule is CN1C(=O)CCc2cc(CN3CCC[C@H]3Cn3ccnc3)ccc21. The third-order valence-electron chi connectivity index (χ3n) is 5.35. The Balaban J connectivity index is 1.47. The summed E-state index contributed by atoms with van der Waals surface area (Å²) in [7, 11) is 1.88. The molecule has 1 saturated heterocycles. The van der Waals surface area contributed by atoms with Gasteiger partial charge in [0.2, 0.25) is 5.91 Å². The summed E-state index contributed by atoms with van der Waals surface area (Å²) >= 11 is 0. The van der Waals surface area contributed by atoms with Gasteiger partial charge < -0.3 is 9.47 Å². The second kappa shape index (κ2) is 6.40. The summed E-state index contributed by atoms with van der Waals surface area (Å²) in [5, 5.41) is 0. The number of benzene rings is 1. The molecule has 1 fully saturated rings. The van der Waals surface area contributed by atoms with E-state index >= 15 is 0 Å². The van der Waals surface area contributed by atoms with Crippen LogP contribution in [-0.2, 0) is 24.3 Å². The summed E-state index contributed by atoms with van der Waals surface area (Å²) in [6, 6.07) is 7.17. The van der Waals surface area contributed by atoms with Crippen molar-refractivity contribution in [2.24, 2.45) is 0 Å². The van der Waals surface area contributed by atoms with Crippen LogP contribution < -0.4 is 4.90 Å². The van der Waals surface area contributed by atoms with Crippen LogP contribution in [0.2, 0.25) is 0 Å². The van der Waals surface area contributed by atoms with Gasteiger partial charge in [0.1, 0.15) is 0 Å². The fourth-order valence-electron chi connectivity index (χ4n) is 3.99. The average molecular weight is 324 g/mol. The second-order valence-electron chi connectivity index (χ2n) is 6.94. The van der Waals surface area contributed by atoms with E-state index in [0.717, 1.165) is 31.7 Å². The second-order valence-corrected chi connectivity index (χ2v) is 6.94. The van der Waals surface area contributed by atoms with Crippen LogP contribution in [0.5, 0.6) is 0 Å². The summed E-state index contributed by atoms with van der Waals surface area (Å²) < 4.78 is 2.18. The lowest BCUT2D eigenvalue weighted by Gasteiger charge is -2.28. The quantitative estimate of drug-likeness (QED) is 0.867. The van der Waals surface area contributed by atoms with Gasteiger partial charge in [-0.25, -0.2) is 4.98 Å². The van der Waals surface area contributed by atoms with Crippen molar-refractivity contribution in [2.75, 3.05) is 18.5 Å². The van der Waals surface area contributed by atoms with E-state index in [1.165, 1.54) is 24.0 Å². The Morgan fingerprint density at radius 2 is 2.21 bits per heavy atom. The third kappa shape index (κ3) is 2.96. The van der Waals surface area contributed by atoms with Crippen molar-refractivity contribution in [2.45, 2.75) is 44.8 Å². The van der Waals surface area contributed by atoms with Crippen LogP contribution in [0, 0.1) is 0 Å². The number of rotatable bonds is 4. The van der Waals surface area contributed by atoms with Gasteiger partial charge >= 0.3 is 0 Å². The highest BCUT2D eigenvalue weighted by Crippen LogP contribution is 2.29. The summed E-state index contributed by atoms with van der Waals surface area (Å²) in [6.07, 6.45) is 9.80. The highest BCUT2D eigenvalue weighted by Gasteiger charge is 2.26. The minimum atomic E-state index is 0.218. The predicted molar refractivity (Wildman–Crippen MR) is 93.8 cm³/mol. The molecule has 24 heavy (non-hydrogen) atoms. The Labute approximate surface area is 142 Å². The van der Waals surface area contributed by atoms with Gasteiger partial charge in [0.05, 0.1) is 6.33 Å². The molecule has 0 spiro atoms. The number of hydrogen-bond donors (Lipinski definition) is 0. The molecular formula is C19H24N4O. The molecule has 1 aromatic carbocycles. The van der Waals surface area contributed by atoms with E-state index in [1.54, 1.807) is 4.90 Å². The van der Waals surface area contributed by atoms with Crippen LogP contribution in [0.4, 0.5) is 5.69 Å². The number of carbonyl (C=O) groups is 1. The van der Waals surface area contributed by atoms with Gasteiger partial charge in [0, 0.05) is 50.7 Å². The zero-order valence-corrected chi connectivity index (χ0v) is 14.2. The van der Waals surface area contributed by atoms with Crippen LogP contribution in [-0.4, -0.2) is 40.0 Å². The maximum absolute atomic E-state index is 11.8. The first kappa shape index (κ1) is 15.4. The fraction of sp³-hybridized carbons (Fsp3) is 0.474. The van der Waals surface area contributed by atoms with E-state index in [2.05, 4.69) is 32.7 Å². The van der Waals surface area contributed by atoms with Gasteiger partial charge in [-0.3, -0.25) is 9.69 Å². The zero-order chi connectivity index (χ0) is 16.5. The summed E-state index contributed by atoms with van der Waals surface area (Å²) in [5.74, 6) is 0.218. The number of aryl methyl sites for hydroxylation is 1. The maximum atomic E-state index is 11.8. The number of aromatic nitrogens is 2. The molecule has 2 aromatic rings. The van der Waals surface area contributed by atoms with Crippen LogP contribution in [0.3, 0.4) is 0 Å².